The summed E-state index contributed by atoms with van der Waals surface area (Å²) in [5.74, 6) is -1.24. The van der Waals surface area contributed by atoms with Gasteiger partial charge in [0.15, 0.2) is 0 Å². The average molecular weight is 424 g/mol. The van der Waals surface area contributed by atoms with Crippen LogP contribution in [0.25, 0.3) is 11.1 Å². The molecule has 0 unspecified atom stereocenters. The molecule has 1 aliphatic carbocycles. The third-order valence-electron chi connectivity index (χ3n) is 5.49. The Morgan fingerprint density at radius 2 is 1.45 bits per heavy atom. The first-order chi connectivity index (χ1) is 14.8. The molecule has 0 radical (unpaired) electrons. The molecule has 2 N–H and O–H groups in total. The van der Waals surface area contributed by atoms with E-state index in [1.807, 2.05) is 36.4 Å². The summed E-state index contributed by atoms with van der Waals surface area (Å²) in [6, 6.07) is 14.5. The third kappa shape index (κ3) is 4.87. The molecule has 2 aromatic rings. The lowest BCUT2D eigenvalue weighted by atomic mass is 9.98. The predicted octanol–water partition coefficient (Wildman–Crippen LogP) is 3.23. The standard InChI is InChI=1S/C24H28N2O5/c1-14(2)21(23(28)30-4)26-22(27)15(3)25-24(29)31-13-20-18-11-7-5-9-16(18)17-10-6-8-12-19(17)20/h5-12,14-15,20-21H,13H2,1-4H3,(H,25,29)(H,26,27)/t15-,21-/m0/s1. The summed E-state index contributed by atoms with van der Waals surface area (Å²) in [4.78, 5) is 36.6. The summed E-state index contributed by atoms with van der Waals surface area (Å²) in [5, 5.41) is 5.14. The zero-order chi connectivity index (χ0) is 22.5. The van der Waals surface area contributed by atoms with Gasteiger partial charge in [-0.3, -0.25) is 4.79 Å². The quantitative estimate of drug-likeness (QED) is 0.666. The molecule has 164 valence electrons. The van der Waals surface area contributed by atoms with Gasteiger partial charge in [0.2, 0.25) is 5.91 Å². The number of carbonyl (C=O) groups is 3. The number of hydrogen-bond donors (Lipinski definition) is 2. The number of fused-ring (bicyclic) bond motifs is 3. The molecule has 1 aliphatic rings. The van der Waals surface area contributed by atoms with Crippen LogP contribution in [0.1, 0.15) is 37.8 Å². The van der Waals surface area contributed by atoms with Crippen LogP contribution >= 0.6 is 0 Å². The minimum atomic E-state index is -0.874. The van der Waals surface area contributed by atoms with Crippen LogP contribution in [0.3, 0.4) is 0 Å². The smallest absolute Gasteiger partial charge is 0.407 e. The van der Waals surface area contributed by atoms with Crippen molar-refractivity contribution in [2.75, 3.05) is 13.7 Å². The summed E-state index contributed by atoms with van der Waals surface area (Å²) in [7, 11) is 1.27. The van der Waals surface area contributed by atoms with Crippen LogP contribution in [0.4, 0.5) is 4.79 Å². The second kappa shape index (κ2) is 9.64. The minimum Gasteiger partial charge on any atom is -0.467 e. The van der Waals surface area contributed by atoms with Gasteiger partial charge in [-0.15, -0.1) is 0 Å². The van der Waals surface area contributed by atoms with Gasteiger partial charge in [0.25, 0.3) is 0 Å². The Morgan fingerprint density at radius 3 is 1.97 bits per heavy atom. The number of esters is 1. The maximum atomic E-state index is 12.4. The molecular weight excluding hydrogens is 396 g/mol. The fourth-order valence-electron chi connectivity index (χ4n) is 3.79. The topological polar surface area (TPSA) is 93.7 Å². The van der Waals surface area contributed by atoms with Crippen molar-refractivity contribution in [1.29, 1.82) is 0 Å². The number of benzene rings is 2. The number of nitrogens with one attached hydrogen (secondary N) is 2. The van der Waals surface area contributed by atoms with E-state index in [0.29, 0.717) is 0 Å². The highest BCUT2D eigenvalue weighted by Crippen LogP contribution is 2.44. The first-order valence-corrected chi connectivity index (χ1v) is 10.3. The monoisotopic (exact) mass is 424 g/mol. The van der Waals surface area contributed by atoms with E-state index in [1.54, 1.807) is 13.8 Å². The Morgan fingerprint density at radius 1 is 0.903 bits per heavy atom. The Bertz CT molecular complexity index is 926. The predicted molar refractivity (Wildman–Crippen MR) is 116 cm³/mol. The summed E-state index contributed by atoms with van der Waals surface area (Å²) in [5.41, 5.74) is 4.50. The molecular formula is C24H28N2O5. The number of ether oxygens (including phenoxy) is 2. The molecule has 3 rings (SSSR count). The Labute approximate surface area is 182 Å². The van der Waals surface area contributed by atoms with E-state index >= 15 is 0 Å². The maximum Gasteiger partial charge on any atom is 0.407 e. The van der Waals surface area contributed by atoms with E-state index in [0.717, 1.165) is 22.3 Å². The Balaban J connectivity index is 1.59. The van der Waals surface area contributed by atoms with Crippen molar-refractivity contribution in [1.82, 2.24) is 10.6 Å². The highest BCUT2D eigenvalue weighted by Gasteiger charge is 2.30. The Hall–Kier alpha value is -3.35. The van der Waals surface area contributed by atoms with E-state index in [1.165, 1.54) is 14.0 Å². The van der Waals surface area contributed by atoms with Gasteiger partial charge in [-0.2, -0.15) is 0 Å². The molecule has 7 nitrogen and oxygen atoms in total. The molecule has 0 fully saturated rings. The van der Waals surface area contributed by atoms with Gasteiger partial charge in [-0.05, 0) is 35.1 Å². The van der Waals surface area contributed by atoms with Crippen LogP contribution in [0.15, 0.2) is 48.5 Å². The van der Waals surface area contributed by atoms with Crippen LogP contribution < -0.4 is 10.6 Å². The van der Waals surface area contributed by atoms with Gasteiger partial charge in [-0.25, -0.2) is 9.59 Å². The van der Waals surface area contributed by atoms with E-state index in [-0.39, 0.29) is 18.4 Å². The lowest BCUT2D eigenvalue weighted by Gasteiger charge is -2.22. The van der Waals surface area contributed by atoms with Crippen LogP contribution in [0.2, 0.25) is 0 Å². The van der Waals surface area contributed by atoms with E-state index < -0.39 is 30.1 Å². The summed E-state index contributed by atoms with van der Waals surface area (Å²) < 4.78 is 10.2. The molecule has 2 atom stereocenters. The number of alkyl carbamates (subject to hydrolysis) is 1. The number of hydrogen-bond acceptors (Lipinski definition) is 5. The van der Waals surface area contributed by atoms with Crippen LogP contribution in [0, 0.1) is 5.92 Å². The first-order valence-electron chi connectivity index (χ1n) is 10.3. The van der Waals surface area contributed by atoms with Crippen molar-refractivity contribution < 1.29 is 23.9 Å². The zero-order valence-corrected chi connectivity index (χ0v) is 18.2. The van der Waals surface area contributed by atoms with Crippen LogP contribution in [-0.4, -0.2) is 43.8 Å². The number of amides is 2. The number of methoxy groups -OCH3 is 1. The van der Waals surface area contributed by atoms with Gasteiger partial charge in [0, 0.05) is 5.92 Å². The lowest BCUT2D eigenvalue weighted by Crippen LogP contribution is -2.52. The van der Waals surface area contributed by atoms with E-state index in [2.05, 4.69) is 22.8 Å². The molecule has 0 spiro atoms. The molecule has 0 saturated carbocycles. The van der Waals surface area contributed by atoms with Crippen molar-refractivity contribution in [2.45, 2.75) is 38.8 Å². The van der Waals surface area contributed by atoms with Crippen molar-refractivity contribution in [3.63, 3.8) is 0 Å². The normalized spacial score (nSPS) is 14.2. The lowest BCUT2D eigenvalue weighted by molar-refractivity contribution is -0.146. The van der Waals surface area contributed by atoms with Gasteiger partial charge < -0.3 is 20.1 Å². The number of rotatable bonds is 7. The van der Waals surface area contributed by atoms with Crippen LogP contribution in [0.5, 0.6) is 0 Å². The molecule has 2 aromatic carbocycles. The first kappa shape index (κ1) is 22.3. The molecule has 31 heavy (non-hydrogen) atoms. The largest absolute Gasteiger partial charge is 0.467 e. The van der Waals surface area contributed by atoms with Crippen molar-refractivity contribution >= 4 is 18.0 Å². The van der Waals surface area contributed by atoms with E-state index in [9.17, 15) is 14.4 Å². The van der Waals surface area contributed by atoms with Crippen molar-refractivity contribution in [3.05, 3.63) is 59.7 Å². The third-order valence-corrected chi connectivity index (χ3v) is 5.49. The summed E-state index contributed by atoms with van der Waals surface area (Å²) in [6.45, 7) is 5.29. The highest BCUT2D eigenvalue weighted by molar-refractivity contribution is 5.89. The molecule has 0 aliphatic heterocycles. The fraction of sp³-hybridized carbons (Fsp3) is 0.375. The molecule has 7 heteroatoms. The van der Waals surface area contributed by atoms with Gasteiger partial charge in [0.1, 0.15) is 18.7 Å². The molecule has 2 amide bonds. The SMILES string of the molecule is COC(=O)[C@@H](NC(=O)[C@H](C)NC(=O)OCC1c2ccccc2-c2ccccc21)C(C)C. The second-order valence-electron chi connectivity index (χ2n) is 7.95. The maximum absolute atomic E-state index is 12.4. The molecule has 0 saturated heterocycles. The van der Waals surface area contributed by atoms with E-state index in [4.69, 9.17) is 9.47 Å². The molecule has 0 bridgehead atoms. The fourth-order valence-corrected chi connectivity index (χ4v) is 3.79. The summed E-state index contributed by atoms with van der Waals surface area (Å²) >= 11 is 0. The van der Waals surface area contributed by atoms with Crippen LogP contribution in [-0.2, 0) is 19.1 Å². The number of carbonyl (C=O) groups excluding carboxylic acids is 3. The van der Waals surface area contributed by atoms with Gasteiger partial charge in [0.05, 0.1) is 7.11 Å². The Kier molecular flexibility index (Phi) is 6.95. The molecule has 0 aromatic heterocycles. The molecule has 0 heterocycles. The zero-order valence-electron chi connectivity index (χ0n) is 18.2. The van der Waals surface area contributed by atoms with Crippen molar-refractivity contribution in [3.8, 4) is 11.1 Å². The van der Waals surface area contributed by atoms with Gasteiger partial charge >= 0.3 is 12.1 Å². The van der Waals surface area contributed by atoms with Crippen molar-refractivity contribution in [2.24, 2.45) is 5.92 Å². The summed E-state index contributed by atoms with van der Waals surface area (Å²) in [6.07, 6.45) is -0.691. The second-order valence-corrected chi connectivity index (χ2v) is 7.95. The average Bonchev–Trinajstić information content (AvgIpc) is 3.08. The highest BCUT2D eigenvalue weighted by atomic mass is 16.5. The minimum absolute atomic E-state index is 0.0630. The van der Waals surface area contributed by atoms with Gasteiger partial charge in [-0.1, -0.05) is 62.4 Å².